The maximum atomic E-state index is 6.14. The van der Waals surface area contributed by atoms with Gasteiger partial charge >= 0.3 is 0 Å². The minimum Gasteiger partial charge on any atom is -0.488 e. The molecule has 1 aliphatic rings. The number of aryl methyl sites for hydroxylation is 1. The summed E-state index contributed by atoms with van der Waals surface area (Å²) in [6.07, 6.45) is 2.14. The molecule has 2 N–H and O–H groups in total. The number of rotatable bonds is 2. The van der Waals surface area contributed by atoms with E-state index in [0.717, 1.165) is 34.7 Å². The third-order valence-electron chi connectivity index (χ3n) is 2.92. The van der Waals surface area contributed by atoms with E-state index in [1.165, 1.54) is 0 Å². The number of hydrogen-bond acceptors (Lipinski definition) is 2. The first-order valence-corrected chi connectivity index (χ1v) is 5.74. The highest BCUT2D eigenvalue weighted by Gasteiger charge is 2.33. The van der Waals surface area contributed by atoms with E-state index in [1.54, 1.807) is 0 Å². The molecule has 15 heavy (non-hydrogen) atoms. The molecule has 0 amide bonds. The van der Waals surface area contributed by atoms with Crippen LogP contribution in [0, 0.1) is 6.92 Å². The van der Waals surface area contributed by atoms with Crippen molar-refractivity contribution in [3.05, 3.63) is 28.3 Å². The van der Waals surface area contributed by atoms with Gasteiger partial charge in [0.25, 0.3) is 0 Å². The Morgan fingerprint density at radius 3 is 2.80 bits per heavy atom. The summed E-state index contributed by atoms with van der Waals surface area (Å²) in [7, 11) is 0. The van der Waals surface area contributed by atoms with E-state index in [9.17, 15) is 0 Å². The van der Waals surface area contributed by atoms with Gasteiger partial charge in [-0.25, -0.2) is 0 Å². The Labute approximate surface area is 95.4 Å². The van der Waals surface area contributed by atoms with Crippen LogP contribution in [0.4, 0.5) is 0 Å². The highest BCUT2D eigenvalue weighted by molar-refractivity contribution is 6.31. The minimum atomic E-state index is -0.0765. The van der Waals surface area contributed by atoms with Crippen molar-refractivity contribution in [3.8, 4) is 5.75 Å². The summed E-state index contributed by atoms with van der Waals surface area (Å²) in [6.45, 7) is 4.16. The summed E-state index contributed by atoms with van der Waals surface area (Å²) in [4.78, 5) is 0. The molecule has 0 fully saturated rings. The maximum Gasteiger partial charge on any atom is 0.129 e. The third-order valence-corrected chi connectivity index (χ3v) is 3.25. The zero-order valence-electron chi connectivity index (χ0n) is 9.09. The van der Waals surface area contributed by atoms with Crippen LogP contribution in [0.5, 0.6) is 5.75 Å². The van der Waals surface area contributed by atoms with E-state index in [-0.39, 0.29) is 12.1 Å². The van der Waals surface area contributed by atoms with Crippen molar-refractivity contribution in [2.75, 3.05) is 0 Å². The van der Waals surface area contributed by atoms with Gasteiger partial charge in [0.1, 0.15) is 11.9 Å². The van der Waals surface area contributed by atoms with Gasteiger partial charge in [-0.1, -0.05) is 31.0 Å². The van der Waals surface area contributed by atoms with Crippen LogP contribution in [-0.2, 0) is 0 Å². The van der Waals surface area contributed by atoms with Crippen LogP contribution in [-0.4, -0.2) is 6.10 Å². The first-order chi connectivity index (χ1) is 7.15. The zero-order chi connectivity index (χ0) is 11.0. The SMILES string of the molecule is CCCC1Oc2c(C)ccc(Cl)c2C1N. The highest BCUT2D eigenvalue weighted by atomic mass is 35.5. The second-order valence-electron chi connectivity index (χ2n) is 4.08. The van der Waals surface area contributed by atoms with E-state index < -0.39 is 0 Å². The van der Waals surface area contributed by atoms with Crippen LogP contribution in [0.15, 0.2) is 12.1 Å². The largest absolute Gasteiger partial charge is 0.488 e. The molecule has 1 heterocycles. The quantitative estimate of drug-likeness (QED) is 0.839. The fraction of sp³-hybridized carbons (Fsp3) is 0.500. The molecule has 82 valence electrons. The Morgan fingerprint density at radius 2 is 2.20 bits per heavy atom. The van der Waals surface area contributed by atoms with Gasteiger partial charge in [-0.2, -0.15) is 0 Å². The summed E-state index contributed by atoms with van der Waals surface area (Å²) >= 11 is 6.14. The molecule has 0 saturated heterocycles. The fourth-order valence-electron chi connectivity index (χ4n) is 2.09. The number of hydrogen-bond donors (Lipinski definition) is 1. The van der Waals surface area contributed by atoms with Gasteiger partial charge < -0.3 is 10.5 Å². The molecule has 2 rings (SSSR count). The van der Waals surface area contributed by atoms with Gasteiger partial charge in [0.15, 0.2) is 0 Å². The molecule has 1 aromatic rings. The smallest absolute Gasteiger partial charge is 0.129 e. The molecule has 2 nitrogen and oxygen atoms in total. The lowest BCUT2D eigenvalue weighted by molar-refractivity contribution is 0.194. The monoisotopic (exact) mass is 225 g/mol. The van der Waals surface area contributed by atoms with Crippen LogP contribution in [0.1, 0.15) is 36.9 Å². The van der Waals surface area contributed by atoms with Crippen molar-refractivity contribution in [1.82, 2.24) is 0 Å². The molecule has 1 aliphatic heterocycles. The lowest BCUT2D eigenvalue weighted by Crippen LogP contribution is -2.25. The number of halogens is 1. The Kier molecular flexibility index (Phi) is 2.89. The average molecular weight is 226 g/mol. The molecule has 2 unspecified atom stereocenters. The summed E-state index contributed by atoms with van der Waals surface area (Å²) in [5, 5.41) is 0.724. The molecule has 0 radical (unpaired) electrons. The lowest BCUT2D eigenvalue weighted by atomic mass is 10.0. The number of nitrogens with two attached hydrogens (primary N) is 1. The van der Waals surface area contributed by atoms with E-state index in [0.29, 0.717) is 0 Å². The second-order valence-corrected chi connectivity index (χ2v) is 4.49. The predicted molar refractivity (Wildman–Crippen MR) is 62.4 cm³/mol. The number of fused-ring (bicyclic) bond motifs is 1. The average Bonchev–Trinajstić information content (AvgIpc) is 2.53. The van der Waals surface area contributed by atoms with Crippen LogP contribution < -0.4 is 10.5 Å². The Balaban J connectivity index is 2.40. The van der Waals surface area contributed by atoms with Crippen molar-refractivity contribution in [2.45, 2.75) is 38.8 Å². The van der Waals surface area contributed by atoms with E-state index >= 15 is 0 Å². The first kappa shape index (κ1) is 10.8. The van der Waals surface area contributed by atoms with Crippen LogP contribution in [0.2, 0.25) is 5.02 Å². The Morgan fingerprint density at radius 1 is 1.47 bits per heavy atom. The molecule has 3 heteroatoms. The molecule has 1 aromatic carbocycles. The van der Waals surface area contributed by atoms with E-state index in [1.807, 2.05) is 19.1 Å². The van der Waals surface area contributed by atoms with E-state index in [4.69, 9.17) is 22.1 Å². The fourth-order valence-corrected chi connectivity index (χ4v) is 2.36. The van der Waals surface area contributed by atoms with E-state index in [2.05, 4.69) is 6.92 Å². The Hall–Kier alpha value is -0.730. The van der Waals surface area contributed by atoms with Gasteiger partial charge in [0.2, 0.25) is 0 Å². The molecule has 2 atom stereocenters. The van der Waals surface area contributed by atoms with Gasteiger partial charge in [-0.05, 0) is 25.0 Å². The van der Waals surface area contributed by atoms with Gasteiger partial charge in [0.05, 0.1) is 6.04 Å². The number of benzene rings is 1. The van der Waals surface area contributed by atoms with Crippen molar-refractivity contribution in [1.29, 1.82) is 0 Å². The molecule has 0 spiro atoms. The minimum absolute atomic E-state index is 0.0765. The maximum absolute atomic E-state index is 6.14. The third kappa shape index (κ3) is 1.72. The van der Waals surface area contributed by atoms with Gasteiger partial charge in [-0.3, -0.25) is 0 Å². The van der Waals surface area contributed by atoms with Gasteiger partial charge in [-0.15, -0.1) is 0 Å². The zero-order valence-corrected chi connectivity index (χ0v) is 9.84. The molecule has 0 bridgehead atoms. The standard InChI is InChI=1S/C12H16ClNO/c1-3-4-9-11(14)10-8(13)6-5-7(2)12(10)15-9/h5-6,9,11H,3-4,14H2,1-2H3. The molecular weight excluding hydrogens is 210 g/mol. The number of ether oxygens (including phenoxy) is 1. The molecule has 0 saturated carbocycles. The topological polar surface area (TPSA) is 35.2 Å². The first-order valence-electron chi connectivity index (χ1n) is 5.36. The van der Waals surface area contributed by atoms with Crippen LogP contribution in [0.3, 0.4) is 0 Å². The summed E-state index contributed by atoms with van der Waals surface area (Å²) in [5.74, 6) is 0.897. The second kappa shape index (κ2) is 4.03. The van der Waals surface area contributed by atoms with Crippen LogP contribution >= 0.6 is 11.6 Å². The molecule has 0 aliphatic carbocycles. The summed E-state index contributed by atoms with van der Waals surface area (Å²) in [6, 6.07) is 3.79. The van der Waals surface area contributed by atoms with Crippen molar-refractivity contribution < 1.29 is 4.74 Å². The lowest BCUT2D eigenvalue weighted by Gasteiger charge is -2.13. The van der Waals surface area contributed by atoms with Crippen LogP contribution in [0.25, 0.3) is 0 Å². The predicted octanol–water partition coefficient (Wildman–Crippen LogP) is 3.21. The Bertz CT molecular complexity index is 378. The summed E-state index contributed by atoms with van der Waals surface area (Å²) < 4.78 is 5.86. The van der Waals surface area contributed by atoms with Gasteiger partial charge in [0, 0.05) is 10.6 Å². The van der Waals surface area contributed by atoms with Crippen molar-refractivity contribution in [2.24, 2.45) is 5.73 Å². The van der Waals surface area contributed by atoms with Crippen molar-refractivity contribution >= 4 is 11.6 Å². The van der Waals surface area contributed by atoms with Crippen molar-refractivity contribution in [3.63, 3.8) is 0 Å². The molecular formula is C12H16ClNO. The molecule has 0 aromatic heterocycles. The highest BCUT2D eigenvalue weighted by Crippen LogP contribution is 2.43. The summed E-state index contributed by atoms with van der Waals surface area (Å²) in [5.41, 5.74) is 8.23. The normalized spacial score (nSPS) is 23.7.